The third kappa shape index (κ3) is 5.11. The Bertz CT molecular complexity index is 477. The van der Waals surface area contributed by atoms with Crippen molar-refractivity contribution in [2.75, 3.05) is 0 Å². The summed E-state index contributed by atoms with van der Waals surface area (Å²) in [5.74, 6) is -1.50. The largest absolute Gasteiger partial charge is 0.369 e. The number of amides is 1. The van der Waals surface area contributed by atoms with Crippen molar-refractivity contribution in [2.24, 2.45) is 11.7 Å². The van der Waals surface area contributed by atoms with Gasteiger partial charge in [0.25, 0.3) is 0 Å². The molecule has 0 aromatic heterocycles. The molecule has 0 saturated carbocycles. The van der Waals surface area contributed by atoms with Crippen LogP contribution in [0.25, 0.3) is 0 Å². The zero-order valence-corrected chi connectivity index (χ0v) is 12.4. The van der Waals surface area contributed by atoms with Gasteiger partial charge in [-0.05, 0) is 24.1 Å². The maximum atomic E-state index is 13.6. The minimum absolute atomic E-state index is 0.00733. The minimum Gasteiger partial charge on any atom is -0.369 e. The van der Waals surface area contributed by atoms with Crippen molar-refractivity contribution < 1.29 is 14.0 Å². The average Bonchev–Trinajstić information content (AvgIpc) is 2.32. The molecule has 1 rings (SSSR count). The predicted molar refractivity (Wildman–Crippen MR) is 75.0 cm³/mol. The van der Waals surface area contributed by atoms with E-state index in [1.165, 1.54) is 6.07 Å². The van der Waals surface area contributed by atoms with E-state index in [2.05, 4.69) is 15.9 Å². The first kappa shape index (κ1) is 15.8. The number of primary amides is 1. The van der Waals surface area contributed by atoms with Gasteiger partial charge in [0.15, 0.2) is 0 Å². The van der Waals surface area contributed by atoms with Gasteiger partial charge >= 0.3 is 0 Å². The monoisotopic (exact) mass is 329 g/mol. The van der Waals surface area contributed by atoms with Crippen LogP contribution in [0, 0.1) is 11.7 Å². The van der Waals surface area contributed by atoms with Crippen LogP contribution in [0.3, 0.4) is 0 Å². The molecule has 1 aromatic carbocycles. The fourth-order valence-electron chi connectivity index (χ4n) is 1.92. The summed E-state index contributed by atoms with van der Waals surface area (Å²) in [7, 11) is 0. The highest BCUT2D eigenvalue weighted by molar-refractivity contribution is 9.10. The lowest BCUT2D eigenvalue weighted by atomic mass is 9.94. The third-order valence-electron chi connectivity index (χ3n) is 2.92. The number of hydrogen-bond acceptors (Lipinski definition) is 2. The van der Waals surface area contributed by atoms with Gasteiger partial charge in [-0.1, -0.05) is 35.3 Å². The molecular formula is C14H17BrFNO2. The highest BCUT2D eigenvalue weighted by Gasteiger charge is 2.19. The van der Waals surface area contributed by atoms with Gasteiger partial charge in [0, 0.05) is 23.2 Å². The molecule has 1 aromatic rings. The summed E-state index contributed by atoms with van der Waals surface area (Å²) in [4.78, 5) is 23.0. The lowest BCUT2D eigenvalue weighted by Crippen LogP contribution is -2.26. The second kappa shape index (κ2) is 7.38. The molecule has 0 aliphatic carbocycles. The molecule has 1 amide bonds. The molecule has 0 aliphatic rings. The molecule has 104 valence electrons. The van der Waals surface area contributed by atoms with Gasteiger partial charge in [0.05, 0.1) is 0 Å². The molecule has 0 bridgehead atoms. The zero-order chi connectivity index (χ0) is 14.4. The van der Waals surface area contributed by atoms with Crippen LogP contribution in [0.15, 0.2) is 22.7 Å². The van der Waals surface area contributed by atoms with Crippen LogP contribution in [0.1, 0.15) is 31.7 Å². The van der Waals surface area contributed by atoms with Crippen molar-refractivity contribution in [3.05, 3.63) is 34.1 Å². The fourth-order valence-corrected chi connectivity index (χ4v) is 2.25. The van der Waals surface area contributed by atoms with Gasteiger partial charge in [-0.15, -0.1) is 0 Å². The summed E-state index contributed by atoms with van der Waals surface area (Å²) >= 11 is 3.16. The Kier molecular flexibility index (Phi) is 6.15. The molecule has 3 nitrogen and oxygen atoms in total. The number of benzene rings is 1. The molecule has 1 atom stereocenters. The quantitative estimate of drug-likeness (QED) is 0.835. The number of rotatable bonds is 7. The van der Waals surface area contributed by atoms with E-state index < -0.39 is 17.6 Å². The maximum Gasteiger partial charge on any atom is 0.220 e. The third-order valence-corrected chi connectivity index (χ3v) is 3.41. The van der Waals surface area contributed by atoms with Gasteiger partial charge in [0.1, 0.15) is 11.6 Å². The van der Waals surface area contributed by atoms with Gasteiger partial charge < -0.3 is 5.73 Å². The normalized spacial score (nSPS) is 12.2. The second-order valence-electron chi connectivity index (χ2n) is 4.54. The summed E-state index contributed by atoms with van der Waals surface area (Å²) in [6.45, 7) is 1.93. The number of nitrogens with two attached hydrogens (primary N) is 1. The molecule has 5 heteroatoms. The first-order chi connectivity index (χ1) is 8.93. The first-order valence-electron chi connectivity index (χ1n) is 6.19. The van der Waals surface area contributed by atoms with Crippen LogP contribution >= 0.6 is 15.9 Å². The van der Waals surface area contributed by atoms with Crippen LogP contribution in [0.5, 0.6) is 0 Å². The van der Waals surface area contributed by atoms with Crippen molar-refractivity contribution >= 4 is 27.6 Å². The van der Waals surface area contributed by atoms with Gasteiger partial charge in [-0.2, -0.15) is 0 Å². The van der Waals surface area contributed by atoms with Crippen LogP contribution in [0.4, 0.5) is 4.39 Å². The number of carbonyl (C=O) groups is 2. The van der Waals surface area contributed by atoms with Crippen molar-refractivity contribution in [1.29, 1.82) is 0 Å². The minimum atomic E-state index is -0.466. The van der Waals surface area contributed by atoms with E-state index in [4.69, 9.17) is 5.73 Å². The Balaban J connectivity index is 2.66. The van der Waals surface area contributed by atoms with Crippen LogP contribution in [-0.4, -0.2) is 11.7 Å². The smallest absolute Gasteiger partial charge is 0.220 e. The van der Waals surface area contributed by atoms with Crippen molar-refractivity contribution in [1.82, 2.24) is 0 Å². The van der Waals surface area contributed by atoms with E-state index in [1.54, 1.807) is 12.1 Å². The van der Waals surface area contributed by atoms with Crippen LogP contribution in [0.2, 0.25) is 0 Å². The van der Waals surface area contributed by atoms with E-state index in [0.717, 1.165) is 6.42 Å². The van der Waals surface area contributed by atoms with Crippen LogP contribution < -0.4 is 5.73 Å². The summed E-state index contributed by atoms with van der Waals surface area (Å²) in [5, 5.41) is 0. The molecule has 0 aliphatic heterocycles. The Labute approximate surface area is 120 Å². The number of carbonyl (C=O) groups excluding carboxylic acids is 2. The fraction of sp³-hybridized carbons (Fsp3) is 0.429. The Morgan fingerprint density at radius 1 is 1.42 bits per heavy atom. The molecular weight excluding hydrogens is 313 g/mol. The van der Waals surface area contributed by atoms with E-state index in [9.17, 15) is 14.0 Å². The van der Waals surface area contributed by atoms with Crippen molar-refractivity contribution in [3.8, 4) is 0 Å². The molecule has 0 radical (unpaired) electrons. The Morgan fingerprint density at radius 3 is 2.63 bits per heavy atom. The standard InChI is InChI=1S/C14H17BrFNO2/c1-2-3-10(14(17)19)7-12(18)6-9-4-5-11(15)8-13(9)16/h4-5,8,10H,2-3,6-7H2,1H3,(H2,17,19). The SMILES string of the molecule is CCCC(CC(=O)Cc1ccc(Br)cc1F)C(N)=O. The number of Topliss-reactive ketones (excluding diaryl/α,β-unsaturated/α-hetero) is 1. The van der Waals surface area contributed by atoms with Gasteiger partial charge in [-0.3, -0.25) is 9.59 Å². The molecule has 1 unspecified atom stereocenters. The lowest BCUT2D eigenvalue weighted by Gasteiger charge is -2.11. The van der Waals surface area contributed by atoms with E-state index in [-0.39, 0.29) is 18.6 Å². The Hall–Kier alpha value is -1.23. The lowest BCUT2D eigenvalue weighted by molar-refractivity contribution is -0.127. The molecule has 19 heavy (non-hydrogen) atoms. The summed E-state index contributed by atoms with van der Waals surface area (Å²) in [6.07, 6.45) is 1.45. The second-order valence-corrected chi connectivity index (χ2v) is 5.46. The highest BCUT2D eigenvalue weighted by Crippen LogP contribution is 2.18. The van der Waals surface area contributed by atoms with Crippen LogP contribution in [-0.2, 0) is 16.0 Å². The Morgan fingerprint density at radius 2 is 2.11 bits per heavy atom. The maximum absolute atomic E-state index is 13.6. The van der Waals surface area contributed by atoms with E-state index in [0.29, 0.717) is 16.5 Å². The summed E-state index contributed by atoms with van der Waals surface area (Å²) in [6, 6.07) is 4.57. The van der Waals surface area contributed by atoms with Gasteiger partial charge in [0.2, 0.25) is 5.91 Å². The first-order valence-corrected chi connectivity index (χ1v) is 6.98. The predicted octanol–water partition coefficient (Wildman–Crippen LogP) is 2.99. The van der Waals surface area contributed by atoms with Gasteiger partial charge in [-0.25, -0.2) is 4.39 Å². The molecule has 0 fully saturated rings. The van der Waals surface area contributed by atoms with Crippen molar-refractivity contribution in [3.63, 3.8) is 0 Å². The highest BCUT2D eigenvalue weighted by atomic mass is 79.9. The molecule has 0 saturated heterocycles. The topological polar surface area (TPSA) is 60.2 Å². The summed E-state index contributed by atoms with van der Waals surface area (Å²) in [5.41, 5.74) is 5.58. The average molecular weight is 330 g/mol. The molecule has 2 N–H and O–H groups in total. The van der Waals surface area contributed by atoms with E-state index >= 15 is 0 Å². The number of halogens is 2. The zero-order valence-electron chi connectivity index (χ0n) is 10.8. The molecule has 0 spiro atoms. The number of ketones is 1. The molecule has 0 heterocycles. The number of hydrogen-bond donors (Lipinski definition) is 1. The van der Waals surface area contributed by atoms with E-state index in [1.807, 2.05) is 6.92 Å². The summed E-state index contributed by atoms with van der Waals surface area (Å²) < 4.78 is 14.2. The van der Waals surface area contributed by atoms with Crippen molar-refractivity contribution in [2.45, 2.75) is 32.6 Å².